The number of carbonyl (C=O) groups is 2. The van der Waals surface area contributed by atoms with E-state index in [1.165, 1.54) is 48.7 Å². The van der Waals surface area contributed by atoms with Gasteiger partial charge in [-0.2, -0.15) is 18.3 Å². The number of amides is 2. The number of aromatic hydroxyl groups is 1. The number of fused-ring (bicyclic) bond motifs is 1. The second-order valence-corrected chi connectivity index (χ2v) is 9.87. The van der Waals surface area contributed by atoms with Crippen LogP contribution in [0.25, 0.3) is 10.8 Å². The molecule has 12 heteroatoms. The molecule has 40 heavy (non-hydrogen) atoms. The Kier molecular flexibility index (Phi) is 9.18. The largest absolute Gasteiger partial charge is 0.506 e. The normalized spacial score (nSPS) is 11.5. The first kappa shape index (κ1) is 28.8. The number of benzene rings is 4. The van der Waals surface area contributed by atoms with E-state index in [0.717, 1.165) is 5.39 Å². The number of phenolic OH excluding ortho intramolecular Hbond substituents is 1. The first-order valence-corrected chi connectivity index (χ1v) is 12.9. The van der Waals surface area contributed by atoms with Crippen molar-refractivity contribution in [1.29, 1.82) is 0 Å². The van der Waals surface area contributed by atoms with E-state index < -0.39 is 17.3 Å². The van der Waals surface area contributed by atoms with E-state index in [1.807, 2.05) is 24.3 Å². The zero-order chi connectivity index (χ0) is 28.7. The van der Waals surface area contributed by atoms with Crippen molar-refractivity contribution in [3.63, 3.8) is 0 Å². The number of ether oxygens (including phenoxy) is 1. The van der Waals surface area contributed by atoms with Crippen molar-refractivity contribution in [3.05, 3.63) is 101 Å². The maximum atomic E-state index is 12.5. The Labute approximate surface area is 236 Å². The van der Waals surface area contributed by atoms with E-state index in [-0.39, 0.29) is 46.1 Å². The Bertz CT molecular complexity index is 1560. The van der Waals surface area contributed by atoms with Crippen LogP contribution in [0.5, 0.6) is 11.5 Å². The van der Waals surface area contributed by atoms with Gasteiger partial charge in [0.1, 0.15) is 11.5 Å². The number of nitrogens with zero attached hydrogens (tertiary/aromatic N) is 1. The summed E-state index contributed by atoms with van der Waals surface area (Å²) in [4.78, 5) is 24.7. The standard InChI is InChI=1S/C28H21ClF3N3O4S/c29-23-13-18(7-11-24(23)36)27(38)35-34-15-19-8-12-25(22-4-2-1-3-21(19)22)39-16-26(37)33-14-17-5-9-20(10-6-17)40-28(30,31)32/h1-13,15,36H,14,16H2,(H,33,37)(H,35,38). The van der Waals surface area contributed by atoms with Crippen molar-refractivity contribution in [2.24, 2.45) is 5.10 Å². The second kappa shape index (κ2) is 12.8. The molecule has 0 bridgehead atoms. The van der Waals surface area contributed by atoms with E-state index in [1.54, 1.807) is 12.1 Å². The van der Waals surface area contributed by atoms with Crippen molar-refractivity contribution < 1.29 is 32.6 Å². The molecule has 4 aromatic rings. The van der Waals surface area contributed by atoms with Crippen LogP contribution < -0.4 is 15.5 Å². The number of alkyl halides is 3. The minimum Gasteiger partial charge on any atom is -0.506 e. The summed E-state index contributed by atoms with van der Waals surface area (Å²) in [6.07, 6.45) is 1.47. The maximum absolute atomic E-state index is 12.5. The molecule has 0 unspecified atom stereocenters. The number of nitrogens with one attached hydrogen (secondary N) is 2. The SMILES string of the molecule is O=C(COc1ccc(C=NNC(=O)c2ccc(O)c(Cl)c2)c2ccccc12)NCc1ccc(SC(F)(F)F)cc1. The molecule has 0 aromatic heterocycles. The minimum absolute atomic E-state index is 0.0459. The Morgan fingerprint density at radius 3 is 2.42 bits per heavy atom. The number of thioether (sulfide) groups is 1. The molecule has 0 atom stereocenters. The van der Waals surface area contributed by atoms with Gasteiger partial charge in [0, 0.05) is 28.0 Å². The van der Waals surface area contributed by atoms with Crippen molar-refractivity contribution in [3.8, 4) is 11.5 Å². The average molecular weight is 588 g/mol. The van der Waals surface area contributed by atoms with Crippen LogP contribution in [-0.4, -0.2) is 35.3 Å². The zero-order valence-corrected chi connectivity index (χ0v) is 22.1. The highest BCUT2D eigenvalue weighted by Crippen LogP contribution is 2.36. The number of hydrogen-bond donors (Lipinski definition) is 3. The fourth-order valence-corrected chi connectivity index (χ4v) is 4.33. The lowest BCUT2D eigenvalue weighted by Crippen LogP contribution is -2.28. The number of hydrogen-bond acceptors (Lipinski definition) is 6. The van der Waals surface area contributed by atoms with Gasteiger partial charge in [0.05, 0.1) is 11.2 Å². The quantitative estimate of drug-likeness (QED) is 0.122. The lowest BCUT2D eigenvalue weighted by atomic mass is 10.0. The Hall–Kier alpha value is -4.22. The third kappa shape index (κ3) is 7.90. The van der Waals surface area contributed by atoms with Crippen molar-refractivity contribution in [2.75, 3.05) is 6.61 Å². The maximum Gasteiger partial charge on any atom is 0.446 e. The summed E-state index contributed by atoms with van der Waals surface area (Å²) in [5, 5.41) is 17.7. The van der Waals surface area contributed by atoms with Crippen molar-refractivity contribution in [1.82, 2.24) is 10.7 Å². The summed E-state index contributed by atoms with van der Waals surface area (Å²) in [5.41, 5.74) is -0.392. The summed E-state index contributed by atoms with van der Waals surface area (Å²) in [7, 11) is 0. The van der Waals surface area contributed by atoms with Crippen LogP contribution in [0.2, 0.25) is 5.02 Å². The third-order valence-electron chi connectivity index (χ3n) is 5.50. The van der Waals surface area contributed by atoms with Gasteiger partial charge in [-0.25, -0.2) is 5.43 Å². The number of hydrazone groups is 1. The predicted molar refractivity (Wildman–Crippen MR) is 148 cm³/mol. The molecule has 7 nitrogen and oxygen atoms in total. The molecule has 0 radical (unpaired) electrons. The van der Waals surface area contributed by atoms with E-state index in [9.17, 15) is 27.9 Å². The number of phenols is 1. The van der Waals surface area contributed by atoms with Crippen LogP contribution in [0.15, 0.2) is 88.9 Å². The first-order chi connectivity index (χ1) is 19.1. The highest BCUT2D eigenvalue weighted by atomic mass is 35.5. The monoisotopic (exact) mass is 587 g/mol. The average Bonchev–Trinajstić information content (AvgIpc) is 2.92. The van der Waals surface area contributed by atoms with E-state index >= 15 is 0 Å². The van der Waals surface area contributed by atoms with Gasteiger partial charge in [0.25, 0.3) is 11.8 Å². The van der Waals surface area contributed by atoms with Gasteiger partial charge in [-0.15, -0.1) is 0 Å². The molecule has 0 spiro atoms. The van der Waals surface area contributed by atoms with Crippen LogP contribution in [0.4, 0.5) is 13.2 Å². The number of carbonyl (C=O) groups excluding carboxylic acids is 2. The van der Waals surface area contributed by atoms with Gasteiger partial charge >= 0.3 is 5.51 Å². The molecule has 0 saturated heterocycles. The highest BCUT2D eigenvalue weighted by Gasteiger charge is 2.29. The van der Waals surface area contributed by atoms with Crippen LogP contribution in [0, 0.1) is 0 Å². The van der Waals surface area contributed by atoms with Gasteiger partial charge in [-0.3, -0.25) is 9.59 Å². The molecule has 0 aliphatic carbocycles. The molecule has 0 aliphatic heterocycles. The summed E-state index contributed by atoms with van der Waals surface area (Å²) < 4.78 is 43.1. The van der Waals surface area contributed by atoms with Crippen molar-refractivity contribution in [2.45, 2.75) is 16.9 Å². The van der Waals surface area contributed by atoms with Gasteiger partial charge in [-0.1, -0.05) is 48.0 Å². The predicted octanol–water partition coefficient (Wildman–Crippen LogP) is 6.27. The summed E-state index contributed by atoms with van der Waals surface area (Å²) in [5.74, 6) is -0.589. The molecule has 2 amide bonds. The molecule has 0 saturated carbocycles. The van der Waals surface area contributed by atoms with E-state index in [2.05, 4.69) is 15.8 Å². The van der Waals surface area contributed by atoms with Crippen LogP contribution in [0.3, 0.4) is 0 Å². The van der Waals surface area contributed by atoms with Crippen LogP contribution in [0.1, 0.15) is 21.5 Å². The van der Waals surface area contributed by atoms with E-state index in [4.69, 9.17) is 16.3 Å². The summed E-state index contributed by atoms with van der Waals surface area (Å²) in [6.45, 7) is -0.137. The molecule has 0 aliphatic rings. The fourth-order valence-electron chi connectivity index (χ4n) is 3.61. The zero-order valence-electron chi connectivity index (χ0n) is 20.5. The van der Waals surface area contributed by atoms with Crippen molar-refractivity contribution >= 4 is 52.2 Å². The van der Waals surface area contributed by atoms with E-state index in [0.29, 0.717) is 22.3 Å². The highest BCUT2D eigenvalue weighted by molar-refractivity contribution is 8.00. The summed E-state index contributed by atoms with van der Waals surface area (Å²) in [6, 6.07) is 20.5. The fraction of sp³-hybridized carbons (Fsp3) is 0.107. The molecular formula is C28H21ClF3N3O4S. The minimum atomic E-state index is -4.36. The molecule has 3 N–H and O–H groups in total. The van der Waals surface area contributed by atoms with Gasteiger partial charge in [0.2, 0.25) is 0 Å². The Morgan fingerprint density at radius 1 is 1.00 bits per heavy atom. The smallest absolute Gasteiger partial charge is 0.446 e. The van der Waals surface area contributed by atoms with Gasteiger partial charge < -0.3 is 15.2 Å². The molecular weight excluding hydrogens is 567 g/mol. The third-order valence-corrected chi connectivity index (χ3v) is 6.54. The lowest BCUT2D eigenvalue weighted by Gasteiger charge is -2.12. The Balaban J connectivity index is 1.35. The Morgan fingerprint density at radius 2 is 1.73 bits per heavy atom. The van der Waals surface area contributed by atoms with Gasteiger partial charge in [-0.05, 0) is 65.2 Å². The molecule has 0 fully saturated rings. The molecule has 4 aromatic carbocycles. The molecule has 206 valence electrons. The number of rotatable bonds is 9. The summed E-state index contributed by atoms with van der Waals surface area (Å²) >= 11 is 5.64. The first-order valence-electron chi connectivity index (χ1n) is 11.7. The topological polar surface area (TPSA) is 100 Å². The second-order valence-electron chi connectivity index (χ2n) is 8.32. The van der Waals surface area contributed by atoms with Gasteiger partial charge in [0.15, 0.2) is 6.61 Å². The molecule has 4 rings (SSSR count). The van der Waals surface area contributed by atoms with Crippen LogP contribution >= 0.6 is 23.4 Å². The number of halogens is 4. The van der Waals surface area contributed by atoms with Crippen LogP contribution in [-0.2, 0) is 11.3 Å². The lowest BCUT2D eigenvalue weighted by molar-refractivity contribution is -0.123. The molecule has 0 heterocycles.